The molecule has 19 heavy (non-hydrogen) atoms. The molecule has 0 saturated carbocycles. The Kier molecular flexibility index (Phi) is 8.11. The van der Waals surface area contributed by atoms with Crippen LogP contribution in [0.1, 0.15) is 23.8 Å². The van der Waals surface area contributed by atoms with E-state index in [1.807, 2.05) is 0 Å². The lowest BCUT2D eigenvalue weighted by Crippen LogP contribution is -2.09. The first-order valence-corrected chi connectivity index (χ1v) is 7.09. The third-order valence-corrected chi connectivity index (χ3v) is 2.96. The van der Waals surface area contributed by atoms with Gasteiger partial charge >= 0.3 is 5.97 Å². The normalized spacial score (nSPS) is 10.4. The van der Waals surface area contributed by atoms with Crippen LogP contribution in [-0.4, -0.2) is 51.0 Å². The van der Waals surface area contributed by atoms with Crippen LogP contribution >= 0.6 is 11.3 Å². The maximum atomic E-state index is 11.4. The summed E-state index contributed by atoms with van der Waals surface area (Å²) >= 11 is 1.39. The van der Waals surface area contributed by atoms with Gasteiger partial charge in [0.2, 0.25) is 0 Å². The highest BCUT2D eigenvalue weighted by Gasteiger charge is 2.10. The van der Waals surface area contributed by atoms with Crippen molar-refractivity contribution in [2.45, 2.75) is 13.3 Å². The van der Waals surface area contributed by atoms with E-state index in [9.17, 15) is 4.79 Å². The molecular weight excluding hydrogens is 268 g/mol. The van der Waals surface area contributed by atoms with E-state index >= 15 is 0 Å². The first-order valence-electron chi connectivity index (χ1n) is 6.21. The fourth-order valence-electron chi connectivity index (χ4n) is 1.27. The molecule has 0 saturated heterocycles. The van der Waals surface area contributed by atoms with Gasteiger partial charge in [-0.15, -0.1) is 11.3 Å². The minimum atomic E-state index is -0.380. The molecule has 108 valence electrons. The van der Waals surface area contributed by atoms with Crippen LogP contribution in [-0.2, 0) is 14.2 Å². The van der Waals surface area contributed by atoms with Crippen molar-refractivity contribution in [1.29, 1.82) is 0 Å². The number of hydrogen-bond acceptors (Lipinski definition) is 7. The molecule has 0 aliphatic rings. The van der Waals surface area contributed by atoms with Crippen molar-refractivity contribution < 1.29 is 19.0 Å². The standard InChI is InChI=1S/C12H20N2O4S/c1-3-18-11(15)10-9-19-12(14-10)13-5-4-6-17-8-7-16-2/h9H,3-8H2,1-2H3,(H,13,14). The van der Waals surface area contributed by atoms with Crippen LogP contribution in [0.4, 0.5) is 5.13 Å². The number of esters is 1. The minimum absolute atomic E-state index is 0.352. The molecule has 0 fully saturated rings. The Bertz CT molecular complexity index is 370. The predicted molar refractivity (Wildman–Crippen MR) is 73.9 cm³/mol. The summed E-state index contributed by atoms with van der Waals surface area (Å²) in [5, 5.41) is 5.55. The fourth-order valence-corrected chi connectivity index (χ4v) is 1.98. The van der Waals surface area contributed by atoms with E-state index in [2.05, 4.69) is 10.3 Å². The van der Waals surface area contributed by atoms with Crippen molar-refractivity contribution in [3.05, 3.63) is 11.1 Å². The molecule has 1 N–H and O–H groups in total. The summed E-state index contributed by atoms with van der Waals surface area (Å²) in [5.41, 5.74) is 0.352. The van der Waals surface area contributed by atoms with Crippen LogP contribution in [0.5, 0.6) is 0 Å². The van der Waals surface area contributed by atoms with Gasteiger partial charge in [-0.3, -0.25) is 0 Å². The third-order valence-electron chi connectivity index (χ3n) is 2.16. The molecule has 0 spiro atoms. The number of nitrogens with zero attached hydrogens (tertiary/aromatic N) is 1. The molecule has 0 bridgehead atoms. The molecule has 0 aliphatic carbocycles. The molecule has 0 aliphatic heterocycles. The molecule has 0 unspecified atom stereocenters. The van der Waals surface area contributed by atoms with Crippen LogP contribution in [0.3, 0.4) is 0 Å². The van der Waals surface area contributed by atoms with Crippen LogP contribution in [0.15, 0.2) is 5.38 Å². The summed E-state index contributed by atoms with van der Waals surface area (Å²) in [6.07, 6.45) is 0.873. The molecule has 1 heterocycles. The lowest BCUT2D eigenvalue weighted by Gasteiger charge is -2.04. The summed E-state index contributed by atoms with van der Waals surface area (Å²) in [6, 6.07) is 0. The molecule has 0 radical (unpaired) electrons. The summed E-state index contributed by atoms with van der Waals surface area (Å²) in [4.78, 5) is 15.5. The van der Waals surface area contributed by atoms with Gasteiger partial charge in [0.05, 0.1) is 19.8 Å². The number of methoxy groups -OCH3 is 1. The molecule has 0 amide bonds. The second-order valence-corrected chi connectivity index (χ2v) is 4.50. The lowest BCUT2D eigenvalue weighted by atomic mass is 10.4. The van der Waals surface area contributed by atoms with E-state index in [1.54, 1.807) is 19.4 Å². The number of carbonyl (C=O) groups is 1. The van der Waals surface area contributed by atoms with Gasteiger partial charge in [-0.05, 0) is 13.3 Å². The predicted octanol–water partition coefficient (Wildman–Crippen LogP) is 1.78. The van der Waals surface area contributed by atoms with E-state index in [-0.39, 0.29) is 5.97 Å². The van der Waals surface area contributed by atoms with Crippen LogP contribution in [0, 0.1) is 0 Å². The lowest BCUT2D eigenvalue weighted by molar-refractivity contribution is 0.0520. The van der Waals surface area contributed by atoms with Crippen molar-refractivity contribution in [1.82, 2.24) is 4.98 Å². The van der Waals surface area contributed by atoms with Crippen molar-refractivity contribution in [2.75, 3.05) is 45.4 Å². The summed E-state index contributed by atoms with van der Waals surface area (Å²) in [6.45, 7) is 4.78. The molecule has 0 aromatic carbocycles. The Balaban J connectivity index is 2.14. The van der Waals surface area contributed by atoms with E-state index in [0.717, 1.165) is 18.1 Å². The third kappa shape index (κ3) is 6.51. The smallest absolute Gasteiger partial charge is 0.357 e. The number of anilines is 1. The van der Waals surface area contributed by atoms with Gasteiger partial charge in [0.15, 0.2) is 10.8 Å². The van der Waals surface area contributed by atoms with Gasteiger partial charge in [-0.2, -0.15) is 0 Å². The highest BCUT2D eigenvalue weighted by molar-refractivity contribution is 7.13. The highest BCUT2D eigenvalue weighted by atomic mass is 32.1. The monoisotopic (exact) mass is 288 g/mol. The zero-order valence-electron chi connectivity index (χ0n) is 11.3. The zero-order chi connectivity index (χ0) is 13.9. The number of rotatable bonds is 10. The second kappa shape index (κ2) is 9.71. The van der Waals surface area contributed by atoms with Crippen LogP contribution in [0.2, 0.25) is 0 Å². The van der Waals surface area contributed by atoms with Gasteiger partial charge < -0.3 is 19.5 Å². The van der Waals surface area contributed by atoms with E-state index in [0.29, 0.717) is 32.1 Å². The van der Waals surface area contributed by atoms with Crippen molar-refractivity contribution in [2.24, 2.45) is 0 Å². The number of aromatic nitrogens is 1. The SMILES string of the molecule is CCOC(=O)c1csc(NCCCOCCOC)n1. The molecular formula is C12H20N2O4S. The summed E-state index contributed by atoms with van der Waals surface area (Å²) < 4.78 is 15.1. The van der Waals surface area contributed by atoms with E-state index in [4.69, 9.17) is 14.2 Å². The second-order valence-electron chi connectivity index (χ2n) is 3.64. The van der Waals surface area contributed by atoms with Gasteiger partial charge in [-0.25, -0.2) is 9.78 Å². The van der Waals surface area contributed by atoms with Crippen LogP contribution < -0.4 is 5.32 Å². The topological polar surface area (TPSA) is 69.7 Å². The Labute approximate surface area is 117 Å². The van der Waals surface area contributed by atoms with E-state index in [1.165, 1.54) is 11.3 Å². The Hall–Kier alpha value is -1.18. The number of thiazole rings is 1. The van der Waals surface area contributed by atoms with Gasteiger partial charge in [-0.1, -0.05) is 0 Å². The molecule has 0 atom stereocenters. The molecule has 6 nitrogen and oxygen atoms in total. The van der Waals surface area contributed by atoms with Crippen molar-refractivity contribution >= 4 is 22.4 Å². The first kappa shape index (κ1) is 15.9. The number of nitrogens with one attached hydrogen (secondary N) is 1. The maximum Gasteiger partial charge on any atom is 0.357 e. The summed E-state index contributed by atoms with van der Waals surface area (Å²) in [5.74, 6) is -0.380. The average molecular weight is 288 g/mol. The quantitative estimate of drug-likeness (QED) is 0.523. The number of hydrogen-bond donors (Lipinski definition) is 1. The first-order chi connectivity index (χ1) is 9.27. The van der Waals surface area contributed by atoms with Gasteiger partial charge in [0.25, 0.3) is 0 Å². The highest BCUT2D eigenvalue weighted by Crippen LogP contribution is 2.15. The van der Waals surface area contributed by atoms with Crippen LogP contribution in [0.25, 0.3) is 0 Å². The Morgan fingerprint density at radius 2 is 2.26 bits per heavy atom. The Morgan fingerprint density at radius 3 is 3.00 bits per heavy atom. The minimum Gasteiger partial charge on any atom is -0.461 e. The van der Waals surface area contributed by atoms with Gasteiger partial charge in [0, 0.05) is 25.6 Å². The largest absolute Gasteiger partial charge is 0.461 e. The number of ether oxygens (including phenoxy) is 3. The fraction of sp³-hybridized carbons (Fsp3) is 0.667. The maximum absolute atomic E-state index is 11.4. The zero-order valence-corrected chi connectivity index (χ0v) is 12.1. The summed E-state index contributed by atoms with van der Waals surface area (Å²) in [7, 11) is 1.65. The number of carbonyl (C=O) groups excluding carboxylic acids is 1. The molecule has 1 aromatic heterocycles. The average Bonchev–Trinajstić information content (AvgIpc) is 2.87. The van der Waals surface area contributed by atoms with Crippen molar-refractivity contribution in [3.8, 4) is 0 Å². The molecule has 7 heteroatoms. The molecule has 1 rings (SSSR count). The Morgan fingerprint density at radius 1 is 1.42 bits per heavy atom. The van der Waals surface area contributed by atoms with Gasteiger partial charge in [0.1, 0.15) is 0 Å². The van der Waals surface area contributed by atoms with E-state index < -0.39 is 0 Å². The van der Waals surface area contributed by atoms with Crippen molar-refractivity contribution in [3.63, 3.8) is 0 Å². The molecule has 1 aromatic rings.